The Bertz CT molecular complexity index is 445. The van der Waals surface area contributed by atoms with Crippen LogP contribution in [0.5, 0.6) is 5.75 Å². The van der Waals surface area contributed by atoms with Crippen molar-refractivity contribution in [2.45, 2.75) is 58.6 Å². The molecule has 0 saturated carbocycles. The SMILES string of the molecule is CCCNC1CCOCC1Oc1ccc(C(C)C)c(C)c1. The van der Waals surface area contributed by atoms with Gasteiger partial charge in [0, 0.05) is 12.6 Å². The lowest BCUT2D eigenvalue weighted by Gasteiger charge is -2.32. The number of benzene rings is 1. The molecule has 21 heavy (non-hydrogen) atoms. The molecule has 3 nitrogen and oxygen atoms in total. The number of aryl methyl sites for hydroxylation is 1. The summed E-state index contributed by atoms with van der Waals surface area (Å²) in [5.74, 6) is 1.51. The topological polar surface area (TPSA) is 30.5 Å². The van der Waals surface area contributed by atoms with E-state index in [1.54, 1.807) is 0 Å². The van der Waals surface area contributed by atoms with Gasteiger partial charge in [-0.1, -0.05) is 26.8 Å². The summed E-state index contributed by atoms with van der Waals surface area (Å²) in [7, 11) is 0. The van der Waals surface area contributed by atoms with E-state index in [-0.39, 0.29) is 6.10 Å². The molecule has 2 unspecified atom stereocenters. The van der Waals surface area contributed by atoms with Crippen LogP contribution in [0.2, 0.25) is 0 Å². The minimum atomic E-state index is 0.106. The normalized spacial score (nSPS) is 22.5. The Hall–Kier alpha value is -1.06. The molecule has 0 amide bonds. The van der Waals surface area contributed by atoms with Crippen LogP contribution in [0.1, 0.15) is 50.7 Å². The molecule has 1 aliphatic rings. The first-order chi connectivity index (χ1) is 10.1. The van der Waals surface area contributed by atoms with Gasteiger partial charge in [-0.2, -0.15) is 0 Å². The van der Waals surface area contributed by atoms with Gasteiger partial charge in [-0.15, -0.1) is 0 Å². The van der Waals surface area contributed by atoms with Gasteiger partial charge in [0.15, 0.2) is 0 Å². The van der Waals surface area contributed by atoms with Crippen LogP contribution >= 0.6 is 0 Å². The molecule has 1 heterocycles. The van der Waals surface area contributed by atoms with E-state index in [4.69, 9.17) is 9.47 Å². The average Bonchev–Trinajstić information content (AvgIpc) is 2.46. The smallest absolute Gasteiger partial charge is 0.137 e. The molecule has 1 fully saturated rings. The third-order valence-corrected chi connectivity index (χ3v) is 4.11. The Kier molecular flexibility index (Phi) is 6.07. The van der Waals surface area contributed by atoms with Crippen molar-refractivity contribution in [1.82, 2.24) is 5.32 Å². The molecule has 2 atom stereocenters. The maximum atomic E-state index is 6.19. The molecule has 1 N–H and O–H groups in total. The number of hydrogen-bond acceptors (Lipinski definition) is 3. The van der Waals surface area contributed by atoms with Gasteiger partial charge < -0.3 is 14.8 Å². The van der Waals surface area contributed by atoms with Crippen molar-refractivity contribution in [2.75, 3.05) is 19.8 Å². The highest BCUT2D eigenvalue weighted by Crippen LogP contribution is 2.25. The fourth-order valence-corrected chi connectivity index (χ4v) is 2.94. The quantitative estimate of drug-likeness (QED) is 0.867. The van der Waals surface area contributed by atoms with Gasteiger partial charge >= 0.3 is 0 Å². The molecular formula is C18H29NO2. The van der Waals surface area contributed by atoms with E-state index >= 15 is 0 Å². The second-order valence-corrected chi connectivity index (χ2v) is 6.25. The molecule has 0 spiro atoms. The second-order valence-electron chi connectivity index (χ2n) is 6.25. The van der Waals surface area contributed by atoms with Crippen LogP contribution in [0.15, 0.2) is 18.2 Å². The van der Waals surface area contributed by atoms with Gasteiger partial charge in [0.1, 0.15) is 11.9 Å². The predicted octanol–water partition coefficient (Wildman–Crippen LogP) is 3.65. The van der Waals surface area contributed by atoms with Crippen LogP contribution in [0.3, 0.4) is 0 Å². The zero-order valence-electron chi connectivity index (χ0n) is 13.8. The summed E-state index contributed by atoms with van der Waals surface area (Å²) in [4.78, 5) is 0. The maximum absolute atomic E-state index is 6.19. The molecule has 1 aromatic rings. The van der Waals surface area contributed by atoms with E-state index in [9.17, 15) is 0 Å². The molecule has 1 aliphatic heterocycles. The minimum absolute atomic E-state index is 0.106. The van der Waals surface area contributed by atoms with Gasteiger partial charge in [-0.05, 0) is 55.5 Å². The lowest BCUT2D eigenvalue weighted by molar-refractivity contribution is -0.0146. The second kappa shape index (κ2) is 7.81. The third kappa shape index (κ3) is 4.45. The van der Waals surface area contributed by atoms with Crippen LogP contribution in [0, 0.1) is 6.92 Å². The summed E-state index contributed by atoms with van der Waals surface area (Å²) in [6.07, 6.45) is 2.27. The van der Waals surface area contributed by atoms with Crippen molar-refractivity contribution in [3.05, 3.63) is 29.3 Å². The summed E-state index contributed by atoms with van der Waals surface area (Å²) in [5, 5.41) is 3.58. The zero-order chi connectivity index (χ0) is 15.2. The van der Waals surface area contributed by atoms with Gasteiger partial charge in [0.25, 0.3) is 0 Å². The van der Waals surface area contributed by atoms with Crippen molar-refractivity contribution in [3.63, 3.8) is 0 Å². The van der Waals surface area contributed by atoms with Crippen LogP contribution < -0.4 is 10.1 Å². The third-order valence-electron chi connectivity index (χ3n) is 4.11. The van der Waals surface area contributed by atoms with Crippen LogP contribution in [-0.4, -0.2) is 31.9 Å². The van der Waals surface area contributed by atoms with Crippen molar-refractivity contribution < 1.29 is 9.47 Å². The maximum Gasteiger partial charge on any atom is 0.137 e. The van der Waals surface area contributed by atoms with E-state index in [2.05, 4.69) is 51.2 Å². The zero-order valence-corrected chi connectivity index (χ0v) is 13.8. The molecule has 0 radical (unpaired) electrons. The lowest BCUT2D eigenvalue weighted by Crippen LogP contribution is -2.49. The van der Waals surface area contributed by atoms with Gasteiger partial charge in [0.2, 0.25) is 0 Å². The standard InChI is InChI=1S/C18H29NO2/c1-5-9-19-17-8-10-20-12-18(17)21-15-6-7-16(13(2)3)14(4)11-15/h6-7,11,13,17-19H,5,8-10,12H2,1-4H3. The summed E-state index contributed by atoms with van der Waals surface area (Å²) in [5.41, 5.74) is 2.69. The highest BCUT2D eigenvalue weighted by atomic mass is 16.5. The summed E-state index contributed by atoms with van der Waals surface area (Å²) >= 11 is 0. The molecule has 3 heteroatoms. The fraction of sp³-hybridized carbons (Fsp3) is 0.667. The number of nitrogens with one attached hydrogen (secondary N) is 1. The summed E-state index contributed by atoms with van der Waals surface area (Å²) in [6.45, 7) is 11.3. The Labute approximate surface area is 129 Å². The number of rotatable bonds is 6. The van der Waals surface area contributed by atoms with Crippen molar-refractivity contribution in [1.29, 1.82) is 0 Å². The van der Waals surface area contributed by atoms with E-state index in [0.29, 0.717) is 18.6 Å². The van der Waals surface area contributed by atoms with E-state index in [0.717, 1.165) is 31.7 Å². The summed E-state index contributed by atoms with van der Waals surface area (Å²) < 4.78 is 11.8. The molecule has 0 aromatic heterocycles. The largest absolute Gasteiger partial charge is 0.486 e. The predicted molar refractivity (Wildman–Crippen MR) is 87.2 cm³/mol. The monoisotopic (exact) mass is 291 g/mol. The Morgan fingerprint density at radius 3 is 2.86 bits per heavy atom. The van der Waals surface area contributed by atoms with Crippen molar-refractivity contribution in [2.24, 2.45) is 0 Å². The van der Waals surface area contributed by atoms with Gasteiger partial charge in [-0.25, -0.2) is 0 Å². The average molecular weight is 291 g/mol. The van der Waals surface area contributed by atoms with Crippen LogP contribution in [-0.2, 0) is 4.74 Å². The van der Waals surface area contributed by atoms with Gasteiger partial charge in [0.05, 0.1) is 6.61 Å². The molecule has 0 bridgehead atoms. The minimum Gasteiger partial charge on any atom is -0.486 e. The Balaban J connectivity index is 2.03. The molecule has 118 valence electrons. The molecule has 1 aromatic carbocycles. The van der Waals surface area contributed by atoms with E-state index in [1.165, 1.54) is 11.1 Å². The first kappa shape index (κ1) is 16.3. The van der Waals surface area contributed by atoms with Crippen molar-refractivity contribution in [3.8, 4) is 5.75 Å². The first-order valence-corrected chi connectivity index (χ1v) is 8.20. The Morgan fingerprint density at radius 2 is 2.19 bits per heavy atom. The molecule has 0 aliphatic carbocycles. The first-order valence-electron chi connectivity index (χ1n) is 8.20. The van der Waals surface area contributed by atoms with Crippen LogP contribution in [0.4, 0.5) is 0 Å². The fourth-order valence-electron chi connectivity index (χ4n) is 2.94. The van der Waals surface area contributed by atoms with Gasteiger partial charge in [-0.3, -0.25) is 0 Å². The number of hydrogen-bond donors (Lipinski definition) is 1. The molecular weight excluding hydrogens is 262 g/mol. The molecule has 1 saturated heterocycles. The van der Waals surface area contributed by atoms with E-state index in [1.807, 2.05) is 0 Å². The van der Waals surface area contributed by atoms with Crippen molar-refractivity contribution >= 4 is 0 Å². The Morgan fingerprint density at radius 1 is 1.38 bits per heavy atom. The highest BCUT2D eigenvalue weighted by molar-refractivity contribution is 5.36. The van der Waals surface area contributed by atoms with E-state index < -0.39 is 0 Å². The summed E-state index contributed by atoms with van der Waals surface area (Å²) in [6, 6.07) is 6.83. The lowest BCUT2D eigenvalue weighted by atomic mass is 9.98. The highest BCUT2D eigenvalue weighted by Gasteiger charge is 2.27. The molecule has 2 rings (SSSR count). The van der Waals surface area contributed by atoms with Crippen LogP contribution in [0.25, 0.3) is 0 Å². The number of ether oxygens (including phenoxy) is 2.